The summed E-state index contributed by atoms with van der Waals surface area (Å²) in [5.41, 5.74) is 3.87. The first-order chi connectivity index (χ1) is 13.0. The number of nitrogens with zero attached hydrogens (tertiary/aromatic N) is 1. The zero-order chi connectivity index (χ0) is 20.4. The second-order valence-electron chi connectivity index (χ2n) is 5.49. The van der Waals surface area contributed by atoms with Crippen LogP contribution in [0.1, 0.15) is 29.2 Å². The number of benzene rings is 2. The van der Waals surface area contributed by atoms with Gasteiger partial charge in [0.2, 0.25) is 0 Å². The van der Waals surface area contributed by atoms with E-state index in [2.05, 4.69) is 26.4 Å². The van der Waals surface area contributed by atoms with Crippen molar-refractivity contribution in [3.63, 3.8) is 0 Å². The predicted octanol–water partition coefficient (Wildman–Crippen LogP) is 3.42. The van der Waals surface area contributed by atoms with Crippen molar-refractivity contribution < 1.29 is 14.7 Å². The second kappa shape index (κ2) is 11.3. The van der Waals surface area contributed by atoms with Crippen LogP contribution in [-0.2, 0) is 16.2 Å². The van der Waals surface area contributed by atoms with Crippen LogP contribution in [0.25, 0.3) is 0 Å². The molecule has 144 valence electrons. The molecule has 1 amide bonds. The van der Waals surface area contributed by atoms with Crippen LogP contribution in [0.4, 0.5) is 0 Å². The lowest BCUT2D eigenvalue weighted by Crippen LogP contribution is -2.28. The highest BCUT2D eigenvalue weighted by atomic mass is 79.9. The van der Waals surface area contributed by atoms with E-state index < -0.39 is 5.91 Å². The molecule has 0 unspecified atom stereocenters. The Labute approximate surface area is 167 Å². The molecule has 0 atom stereocenters. The molecule has 0 bridgehead atoms. The summed E-state index contributed by atoms with van der Waals surface area (Å²) in [7, 11) is 2.51. The lowest BCUT2D eigenvalue weighted by molar-refractivity contribution is -0.114. The molecule has 0 saturated heterocycles. The molecule has 0 saturated carbocycles. The lowest BCUT2D eigenvalue weighted by atomic mass is 9.98. The average molecular weight is 434 g/mol. The van der Waals surface area contributed by atoms with E-state index in [1.165, 1.54) is 7.05 Å². The fourth-order valence-electron chi connectivity index (χ4n) is 2.37. The van der Waals surface area contributed by atoms with Crippen molar-refractivity contribution in [1.82, 2.24) is 5.32 Å². The van der Waals surface area contributed by atoms with Crippen LogP contribution in [0.2, 0.25) is 0 Å². The number of hydrogen-bond acceptors (Lipinski definition) is 5. The smallest absolute Gasteiger partial charge is 0.269 e. The molecule has 0 fully saturated rings. The number of carbonyl (C=O) groups is 1. The van der Waals surface area contributed by atoms with E-state index in [4.69, 9.17) is 15.4 Å². The minimum Gasteiger partial charge on any atom is -0.400 e. The third-order valence-corrected chi connectivity index (χ3v) is 4.50. The maximum atomic E-state index is 11.8. The van der Waals surface area contributed by atoms with Gasteiger partial charge in [0.1, 0.15) is 12.3 Å². The van der Waals surface area contributed by atoms with Crippen molar-refractivity contribution in [2.24, 2.45) is 5.16 Å². The Morgan fingerprint density at radius 3 is 2.44 bits per heavy atom. The Kier molecular flexibility index (Phi) is 9.39. The number of likely N-dealkylation sites (N-methyl/N-ethyl adjacent to an activating group) is 1. The molecule has 27 heavy (non-hydrogen) atoms. The van der Waals surface area contributed by atoms with Crippen LogP contribution in [0.3, 0.4) is 0 Å². The van der Waals surface area contributed by atoms with Crippen molar-refractivity contribution in [3.8, 4) is 0 Å². The molecule has 0 spiro atoms. The fourth-order valence-corrected chi connectivity index (χ4v) is 2.94. The van der Waals surface area contributed by atoms with Crippen LogP contribution in [0.5, 0.6) is 0 Å². The third-order valence-electron chi connectivity index (χ3n) is 3.81. The van der Waals surface area contributed by atoms with Gasteiger partial charge >= 0.3 is 0 Å². The summed E-state index contributed by atoms with van der Waals surface area (Å²) in [6.07, 6.45) is 0. The molecule has 0 radical (unpaired) electrons. The number of aliphatic hydroxyl groups is 1. The molecule has 2 aromatic rings. The zero-order valence-electron chi connectivity index (χ0n) is 15.8. The maximum absolute atomic E-state index is 11.8. The van der Waals surface area contributed by atoms with Gasteiger partial charge in [0, 0.05) is 35.3 Å². The van der Waals surface area contributed by atoms with Crippen molar-refractivity contribution >= 4 is 33.3 Å². The van der Waals surface area contributed by atoms with Gasteiger partial charge in [0.05, 0.1) is 5.71 Å². The molecule has 0 aliphatic rings. The Bertz CT molecular complexity index is 835. The first-order valence-electron chi connectivity index (χ1n) is 8.21. The summed E-state index contributed by atoms with van der Waals surface area (Å²) in [5.74, 6) is -0.431. The normalized spacial score (nSPS) is 10.5. The van der Waals surface area contributed by atoms with E-state index in [-0.39, 0.29) is 12.3 Å². The van der Waals surface area contributed by atoms with Gasteiger partial charge < -0.3 is 15.3 Å². The van der Waals surface area contributed by atoms with Crippen molar-refractivity contribution in [1.29, 1.82) is 5.41 Å². The summed E-state index contributed by atoms with van der Waals surface area (Å²) < 4.78 is 0.942. The SMILES string of the molecule is CNC(=O)C(=N)c1cccc(C)c1CO/N=C(\C)c1ccccc1Br.CO. The highest BCUT2D eigenvalue weighted by Crippen LogP contribution is 2.19. The summed E-state index contributed by atoms with van der Waals surface area (Å²) >= 11 is 3.49. The molecule has 3 N–H and O–H groups in total. The number of rotatable bonds is 6. The molecule has 6 nitrogen and oxygen atoms in total. The first kappa shape index (κ1) is 22.5. The zero-order valence-corrected chi connectivity index (χ0v) is 17.4. The largest absolute Gasteiger partial charge is 0.400 e. The quantitative estimate of drug-likeness (QED) is 0.480. The molecule has 2 aromatic carbocycles. The molecule has 0 aliphatic carbocycles. The number of aryl methyl sites for hydroxylation is 1. The van der Waals surface area contributed by atoms with E-state index in [1.807, 2.05) is 50.2 Å². The van der Waals surface area contributed by atoms with Gasteiger partial charge in [-0.25, -0.2) is 0 Å². The van der Waals surface area contributed by atoms with E-state index in [1.54, 1.807) is 6.07 Å². The Morgan fingerprint density at radius 1 is 1.19 bits per heavy atom. The summed E-state index contributed by atoms with van der Waals surface area (Å²) in [4.78, 5) is 17.3. The van der Waals surface area contributed by atoms with Gasteiger partial charge in [0.25, 0.3) is 5.91 Å². The highest BCUT2D eigenvalue weighted by Gasteiger charge is 2.16. The number of nitrogens with one attached hydrogen (secondary N) is 2. The van der Waals surface area contributed by atoms with Gasteiger partial charge in [-0.3, -0.25) is 10.2 Å². The maximum Gasteiger partial charge on any atom is 0.269 e. The van der Waals surface area contributed by atoms with Crippen LogP contribution in [-0.4, -0.2) is 36.6 Å². The molecule has 0 heterocycles. The Hall–Kier alpha value is -2.51. The molecule has 7 heteroatoms. The van der Waals surface area contributed by atoms with Crippen molar-refractivity contribution in [2.75, 3.05) is 14.2 Å². The van der Waals surface area contributed by atoms with E-state index in [0.29, 0.717) is 5.56 Å². The predicted molar refractivity (Wildman–Crippen MR) is 111 cm³/mol. The van der Waals surface area contributed by atoms with Gasteiger partial charge in [-0.05, 0) is 25.5 Å². The summed E-state index contributed by atoms with van der Waals surface area (Å²) in [6.45, 7) is 3.97. The topological polar surface area (TPSA) is 94.8 Å². The monoisotopic (exact) mass is 433 g/mol. The van der Waals surface area contributed by atoms with Gasteiger partial charge in [-0.2, -0.15) is 0 Å². The Balaban J connectivity index is 0.00000176. The number of carbonyl (C=O) groups excluding carboxylic acids is 1. The molecular weight excluding hydrogens is 410 g/mol. The van der Waals surface area contributed by atoms with Gasteiger partial charge in [0.15, 0.2) is 0 Å². The number of aliphatic hydroxyl groups excluding tert-OH is 1. The summed E-state index contributed by atoms with van der Waals surface area (Å²) in [6, 6.07) is 13.2. The van der Waals surface area contributed by atoms with Gasteiger partial charge in [-0.15, -0.1) is 0 Å². The number of hydrogen-bond donors (Lipinski definition) is 3. The van der Waals surface area contributed by atoms with Crippen molar-refractivity contribution in [2.45, 2.75) is 20.5 Å². The second-order valence-corrected chi connectivity index (χ2v) is 6.34. The van der Waals surface area contributed by atoms with E-state index in [0.717, 1.165) is 34.0 Å². The fraction of sp³-hybridized carbons (Fsp3) is 0.250. The average Bonchev–Trinajstić information content (AvgIpc) is 2.69. The summed E-state index contributed by atoms with van der Waals surface area (Å²) in [5, 5.41) is 21.7. The highest BCUT2D eigenvalue weighted by molar-refractivity contribution is 9.10. The van der Waals surface area contributed by atoms with E-state index in [9.17, 15) is 4.79 Å². The van der Waals surface area contributed by atoms with Crippen LogP contribution < -0.4 is 5.32 Å². The van der Waals surface area contributed by atoms with E-state index >= 15 is 0 Å². The van der Waals surface area contributed by atoms with Crippen LogP contribution >= 0.6 is 15.9 Å². The Morgan fingerprint density at radius 2 is 1.81 bits per heavy atom. The number of halogens is 1. The molecule has 2 rings (SSSR count). The third kappa shape index (κ3) is 6.01. The minimum atomic E-state index is -0.431. The number of oxime groups is 1. The lowest BCUT2D eigenvalue weighted by Gasteiger charge is -2.12. The molecular formula is C20H24BrN3O3. The molecule has 0 aliphatic heterocycles. The number of amides is 1. The van der Waals surface area contributed by atoms with Crippen molar-refractivity contribution in [3.05, 3.63) is 69.2 Å². The van der Waals surface area contributed by atoms with Gasteiger partial charge in [-0.1, -0.05) is 57.5 Å². The van der Waals surface area contributed by atoms with Crippen LogP contribution in [0.15, 0.2) is 52.1 Å². The standard InChI is InChI=1S/C19H20BrN3O2.CH4O/c1-12-7-6-9-15(18(21)19(24)22-3)16(12)11-25-23-13(2)14-8-4-5-10-17(14)20;1-2/h4-10,21H,11H2,1-3H3,(H,22,24);2H,1H3/b21-18?,23-13+;. The molecule has 0 aromatic heterocycles. The minimum absolute atomic E-state index is 0.0868. The van der Waals surface area contributed by atoms with Crippen LogP contribution in [0, 0.1) is 12.3 Å². The first-order valence-corrected chi connectivity index (χ1v) is 9.00.